The Morgan fingerprint density at radius 1 is 1.47 bits per heavy atom. The Morgan fingerprint density at radius 2 is 2.17 bits per heavy atom. The molecule has 2 N–H and O–H groups in total. The van der Waals surface area contributed by atoms with Crippen molar-refractivity contribution >= 4 is 41.2 Å². The Balaban J connectivity index is 1.68. The van der Waals surface area contributed by atoms with E-state index in [1.165, 1.54) is 25.6 Å². The fourth-order valence-electron chi connectivity index (χ4n) is 3.12. The van der Waals surface area contributed by atoms with E-state index in [0.29, 0.717) is 0 Å². The average Bonchev–Trinajstić information content (AvgIpc) is 3.03. The maximum atomic E-state index is 12.5. The molecule has 1 aromatic rings. The Bertz CT molecular complexity index is 986. The van der Waals surface area contributed by atoms with Crippen LogP contribution < -0.4 is 5.32 Å². The molecule has 0 radical (unpaired) electrons. The van der Waals surface area contributed by atoms with Crippen LogP contribution in [-0.2, 0) is 30.5 Å². The van der Waals surface area contributed by atoms with Gasteiger partial charge in [0.05, 0.1) is 4.92 Å². The second-order valence-electron chi connectivity index (χ2n) is 6.55. The zero-order valence-electron chi connectivity index (χ0n) is 15.9. The smallest absolute Gasteiger partial charge is 0.352 e. The first-order chi connectivity index (χ1) is 14.1. The number of thioether (sulfide) groups is 1. The zero-order valence-corrected chi connectivity index (χ0v) is 16.7. The van der Waals surface area contributed by atoms with Crippen LogP contribution in [0.3, 0.4) is 0 Å². The minimum absolute atomic E-state index is 0.151. The topological polar surface area (TPSA) is 174 Å². The number of nitrogens with zero attached hydrogens (tertiary/aromatic N) is 4. The largest absolute Gasteiger partial charge is 0.477 e. The predicted octanol–water partition coefficient (Wildman–Crippen LogP) is -0.599. The van der Waals surface area contributed by atoms with E-state index >= 15 is 0 Å². The standard InChI is InChI=1S/C16H17N5O8S/c1-7-10(21(27)28)3-19(18-7)4-11(23)17-12-14(24)20-13(16(25)26)9(5-29-8(2)22)6-30-15(12)20/h3,12,15H,4-6H2,1-2H3,(H,17,23)(H,25,26)/t12-,15+/m1/s1. The molecular weight excluding hydrogens is 422 g/mol. The number of nitro groups is 1. The Hall–Kier alpha value is -3.42. The molecular formula is C16H17N5O8S. The van der Waals surface area contributed by atoms with E-state index in [1.54, 1.807) is 0 Å². The van der Waals surface area contributed by atoms with Gasteiger partial charge in [0, 0.05) is 18.2 Å². The second-order valence-corrected chi connectivity index (χ2v) is 7.65. The van der Waals surface area contributed by atoms with Gasteiger partial charge in [-0.15, -0.1) is 11.8 Å². The van der Waals surface area contributed by atoms with Crippen molar-refractivity contribution in [1.29, 1.82) is 0 Å². The Morgan fingerprint density at radius 3 is 2.73 bits per heavy atom. The van der Waals surface area contributed by atoms with Crippen LogP contribution in [0.15, 0.2) is 17.5 Å². The summed E-state index contributed by atoms with van der Waals surface area (Å²) in [4.78, 5) is 58.7. The van der Waals surface area contributed by atoms with Gasteiger partial charge in [0.2, 0.25) is 5.91 Å². The van der Waals surface area contributed by atoms with Crippen molar-refractivity contribution < 1.29 is 33.9 Å². The molecule has 2 aliphatic rings. The molecule has 0 aromatic carbocycles. The SMILES string of the molecule is CC(=O)OCC1=C(C(=O)O)N2C(=O)[C@@H](NC(=O)Cn3cc([N+](=O)[O-])c(C)n3)[C@@H]2SC1. The highest BCUT2D eigenvalue weighted by Crippen LogP contribution is 2.40. The van der Waals surface area contributed by atoms with Gasteiger partial charge in [-0.3, -0.25) is 34.1 Å². The number of β-lactam (4-membered cyclic amide) rings is 1. The fraction of sp³-hybridized carbons (Fsp3) is 0.438. The quantitative estimate of drug-likeness (QED) is 0.242. The van der Waals surface area contributed by atoms with Crippen molar-refractivity contribution in [2.24, 2.45) is 0 Å². The Labute approximate surface area is 173 Å². The third-order valence-electron chi connectivity index (χ3n) is 4.44. The number of aryl methyl sites for hydroxylation is 1. The van der Waals surface area contributed by atoms with Gasteiger partial charge >= 0.3 is 17.6 Å². The van der Waals surface area contributed by atoms with Crippen molar-refractivity contribution in [3.05, 3.63) is 33.3 Å². The third-order valence-corrected chi connectivity index (χ3v) is 5.78. The maximum absolute atomic E-state index is 12.5. The summed E-state index contributed by atoms with van der Waals surface area (Å²) in [6.07, 6.45) is 1.12. The average molecular weight is 439 g/mol. The first-order valence-electron chi connectivity index (χ1n) is 8.61. The number of esters is 1. The summed E-state index contributed by atoms with van der Waals surface area (Å²) in [5.41, 5.74) is -0.0450. The van der Waals surface area contributed by atoms with Crippen LogP contribution in [0.1, 0.15) is 12.6 Å². The number of carbonyl (C=O) groups is 4. The van der Waals surface area contributed by atoms with E-state index in [4.69, 9.17) is 4.74 Å². The summed E-state index contributed by atoms with van der Waals surface area (Å²) in [6, 6.07) is -0.946. The second kappa shape index (κ2) is 8.14. The van der Waals surface area contributed by atoms with Gasteiger partial charge in [-0.25, -0.2) is 4.79 Å². The minimum Gasteiger partial charge on any atom is -0.477 e. The number of carboxylic acid groups (broad SMARTS) is 1. The number of rotatable bonds is 7. The van der Waals surface area contributed by atoms with Gasteiger partial charge in [0.1, 0.15) is 42.2 Å². The van der Waals surface area contributed by atoms with Crippen LogP contribution in [0.2, 0.25) is 0 Å². The van der Waals surface area contributed by atoms with Gasteiger partial charge in [-0.05, 0) is 6.92 Å². The molecule has 14 heteroatoms. The molecule has 0 saturated carbocycles. The molecule has 1 fully saturated rings. The van der Waals surface area contributed by atoms with Crippen LogP contribution in [0.25, 0.3) is 0 Å². The normalized spacial score (nSPS) is 20.3. The number of hydrogen-bond donors (Lipinski definition) is 2. The lowest BCUT2D eigenvalue weighted by Gasteiger charge is -2.49. The molecule has 30 heavy (non-hydrogen) atoms. The predicted molar refractivity (Wildman–Crippen MR) is 99.9 cm³/mol. The minimum atomic E-state index is -1.33. The first-order valence-corrected chi connectivity index (χ1v) is 9.66. The number of carbonyl (C=O) groups excluding carboxylic acids is 3. The summed E-state index contributed by atoms with van der Waals surface area (Å²) < 4.78 is 5.95. The molecule has 2 aliphatic heterocycles. The Kier molecular flexibility index (Phi) is 5.78. The molecule has 3 rings (SSSR count). The number of amides is 2. The lowest BCUT2D eigenvalue weighted by atomic mass is 10.0. The van der Waals surface area contributed by atoms with Gasteiger partial charge in [-0.1, -0.05) is 0 Å². The van der Waals surface area contributed by atoms with E-state index in [0.717, 1.165) is 15.8 Å². The van der Waals surface area contributed by atoms with E-state index in [1.807, 2.05) is 0 Å². The number of nitrogens with one attached hydrogen (secondary N) is 1. The highest BCUT2D eigenvalue weighted by atomic mass is 32.2. The molecule has 3 heterocycles. The number of hydrogen-bond acceptors (Lipinski definition) is 9. The maximum Gasteiger partial charge on any atom is 0.352 e. The number of aromatic nitrogens is 2. The fourth-order valence-corrected chi connectivity index (χ4v) is 4.44. The number of aliphatic carboxylic acids is 1. The molecule has 160 valence electrons. The third kappa shape index (κ3) is 3.98. The van der Waals surface area contributed by atoms with Crippen LogP contribution in [0, 0.1) is 17.0 Å². The van der Waals surface area contributed by atoms with Crippen LogP contribution in [0.5, 0.6) is 0 Å². The number of ether oxygens (including phenoxy) is 1. The molecule has 0 bridgehead atoms. The lowest BCUT2D eigenvalue weighted by molar-refractivity contribution is -0.385. The lowest BCUT2D eigenvalue weighted by Crippen LogP contribution is -2.70. The molecule has 0 aliphatic carbocycles. The summed E-state index contributed by atoms with van der Waals surface area (Å²) in [7, 11) is 0. The van der Waals surface area contributed by atoms with Crippen molar-refractivity contribution in [3.63, 3.8) is 0 Å². The van der Waals surface area contributed by atoms with Crippen molar-refractivity contribution in [1.82, 2.24) is 20.0 Å². The molecule has 0 unspecified atom stereocenters. The van der Waals surface area contributed by atoms with Crippen LogP contribution in [0.4, 0.5) is 5.69 Å². The van der Waals surface area contributed by atoms with E-state index < -0.39 is 40.1 Å². The van der Waals surface area contributed by atoms with E-state index in [2.05, 4.69) is 10.4 Å². The number of carboxylic acids is 1. The van der Waals surface area contributed by atoms with Crippen molar-refractivity contribution in [2.45, 2.75) is 31.8 Å². The van der Waals surface area contributed by atoms with Gasteiger partial charge in [-0.2, -0.15) is 5.10 Å². The number of fused-ring (bicyclic) bond motifs is 1. The molecule has 1 aromatic heterocycles. The highest BCUT2D eigenvalue weighted by molar-refractivity contribution is 8.00. The van der Waals surface area contributed by atoms with Gasteiger partial charge in [0.25, 0.3) is 5.91 Å². The van der Waals surface area contributed by atoms with Crippen molar-refractivity contribution in [3.8, 4) is 0 Å². The monoisotopic (exact) mass is 439 g/mol. The summed E-state index contributed by atoms with van der Waals surface area (Å²) >= 11 is 1.23. The summed E-state index contributed by atoms with van der Waals surface area (Å²) in [5, 5.41) is 26.1. The zero-order chi connectivity index (χ0) is 22.2. The van der Waals surface area contributed by atoms with Crippen LogP contribution >= 0.6 is 11.8 Å². The molecule has 2 atom stereocenters. The van der Waals surface area contributed by atoms with Gasteiger partial charge < -0.3 is 15.2 Å². The van der Waals surface area contributed by atoms with Gasteiger partial charge in [0.15, 0.2) is 0 Å². The molecule has 13 nitrogen and oxygen atoms in total. The van der Waals surface area contributed by atoms with E-state index in [-0.39, 0.29) is 41.6 Å². The van der Waals surface area contributed by atoms with E-state index in [9.17, 15) is 34.4 Å². The first kappa shape index (κ1) is 21.3. The summed E-state index contributed by atoms with van der Waals surface area (Å²) in [5.74, 6) is -2.91. The molecule has 2 amide bonds. The molecule has 0 spiro atoms. The highest BCUT2D eigenvalue weighted by Gasteiger charge is 2.54. The molecule has 1 saturated heterocycles. The summed E-state index contributed by atoms with van der Waals surface area (Å²) in [6.45, 7) is 2.05. The van der Waals surface area contributed by atoms with Crippen molar-refractivity contribution in [2.75, 3.05) is 12.4 Å². The van der Waals surface area contributed by atoms with Crippen LogP contribution in [-0.4, -0.2) is 72.2 Å².